The highest BCUT2D eigenvalue weighted by molar-refractivity contribution is 5.55. The maximum absolute atomic E-state index is 12.0. The number of ether oxygens (including phenoxy) is 2. The third-order valence-corrected chi connectivity index (χ3v) is 2.91. The lowest BCUT2D eigenvalue weighted by Gasteiger charge is -2.13. The van der Waals surface area contributed by atoms with Gasteiger partial charge in [-0.25, -0.2) is 19.3 Å². The molecule has 0 bridgehead atoms. The van der Waals surface area contributed by atoms with Gasteiger partial charge in [-0.15, -0.1) is 0 Å². The van der Waals surface area contributed by atoms with Gasteiger partial charge in [0, 0.05) is 13.1 Å². The van der Waals surface area contributed by atoms with Gasteiger partial charge in [-0.05, 0) is 18.6 Å². The summed E-state index contributed by atoms with van der Waals surface area (Å²) in [5.74, 6) is 1.06. The SMILES string of the molecule is COc1cc(C)c(-n2[nH]c(=O)n(C)c2=O)c(OC)c1. The van der Waals surface area contributed by atoms with E-state index in [4.69, 9.17) is 9.47 Å². The highest BCUT2D eigenvalue weighted by Crippen LogP contribution is 2.30. The van der Waals surface area contributed by atoms with E-state index in [0.717, 1.165) is 14.8 Å². The van der Waals surface area contributed by atoms with Gasteiger partial charge in [0.1, 0.15) is 17.2 Å². The fraction of sp³-hybridized carbons (Fsp3) is 0.333. The summed E-state index contributed by atoms with van der Waals surface area (Å²) in [4.78, 5) is 23.5. The van der Waals surface area contributed by atoms with Crippen LogP contribution in [0.2, 0.25) is 0 Å². The van der Waals surface area contributed by atoms with Crippen LogP contribution in [0, 0.1) is 6.92 Å². The zero-order valence-corrected chi connectivity index (χ0v) is 11.2. The molecule has 2 rings (SSSR count). The Labute approximate surface area is 109 Å². The minimum Gasteiger partial charge on any atom is -0.497 e. The number of hydrogen-bond acceptors (Lipinski definition) is 4. The molecule has 7 heteroatoms. The molecule has 1 aromatic carbocycles. The van der Waals surface area contributed by atoms with E-state index < -0.39 is 11.4 Å². The first kappa shape index (κ1) is 13.0. The molecule has 1 N–H and O–H groups in total. The molecular formula is C12H15N3O4. The Morgan fingerprint density at radius 2 is 1.84 bits per heavy atom. The van der Waals surface area contributed by atoms with Crippen molar-refractivity contribution in [1.29, 1.82) is 0 Å². The summed E-state index contributed by atoms with van der Waals surface area (Å²) in [6, 6.07) is 3.41. The normalized spacial score (nSPS) is 10.5. The number of H-pyrrole nitrogens is 1. The summed E-state index contributed by atoms with van der Waals surface area (Å²) in [7, 11) is 4.44. The van der Waals surface area contributed by atoms with Gasteiger partial charge in [0.2, 0.25) is 0 Å². The zero-order chi connectivity index (χ0) is 14.2. The molecule has 0 aliphatic carbocycles. The van der Waals surface area contributed by atoms with Crippen molar-refractivity contribution in [2.24, 2.45) is 7.05 Å². The van der Waals surface area contributed by atoms with Gasteiger partial charge < -0.3 is 9.47 Å². The molecule has 0 aliphatic heterocycles. The quantitative estimate of drug-likeness (QED) is 0.859. The van der Waals surface area contributed by atoms with Crippen molar-refractivity contribution in [3.05, 3.63) is 38.7 Å². The van der Waals surface area contributed by atoms with E-state index in [0.29, 0.717) is 17.2 Å². The number of aromatic amines is 1. The molecule has 0 amide bonds. The van der Waals surface area contributed by atoms with Gasteiger partial charge in [0.15, 0.2) is 0 Å². The second-order valence-electron chi connectivity index (χ2n) is 4.09. The standard InChI is InChI=1S/C12H15N3O4/c1-7-5-8(18-3)6-9(19-4)10(7)15-12(17)14(2)11(16)13-15/h5-6H,1-4H3,(H,13,16). The van der Waals surface area contributed by atoms with Crippen LogP contribution in [0.15, 0.2) is 21.7 Å². The lowest BCUT2D eigenvalue weighted by Crippen LogP contribution is -2.25. The van der Waals surface area contributed by atoms with Crippen LogP contribution < -0.4 is 20.9 Å². The number of nitrogens with zero attached hydrogens (tertiary/aromatic N) is 2. The van der Waals surface area contributed by atoms with Crippen molar-refractivity contribution < 1.29 is 9.47 Å². The molecule has 2 aromatic rings. The first-order chi connectivity index (χ1) is 8.99. The minimum atomic E-state index is -0.484. The predicted molar refractivity (Wildman–Crippen MR) is 69.5 cm³/mol. The Balaban J connectivity index is 2.78. The Morgan fingerprint density at radius 1 is 1.16 bits per heavy atom. The van der Waals surface area contributed by atoms with E-state index >= 15 is 0 Å². The summed E-state index contributed by atoms with van der Waals surface area (Å²) < 4.78 is 12.6. The average Bonchev–Trinajstić information content (AvgIpc) is 2.65. The number of aryl methyl sites for hydroxylation is 1. The van der Waals surface area contributed by atoms with E-state index in [9.17, 15) is 9.59 Å². The first-order valence-electron chi connectivity index (χ1n) is 5.60. The van der Waals surface area contributed by atoms with Crippen LogP contribution in [0.1, 0.15) is 5.56 Å². The summed E-state index contributed by atoms with van der Waals surface area (Å²) in [6.45, 7) is 1.80. The van der Waals surface area contributed by atoms with E-state index in [1.807, 2.05) is 0 Å². The van der Waals surface area contributed by atoms with Crippen LogP contribution in [-0.4, -0.2) is 28.6 Å². The topological polar surface area (TPSA) is 78.2 Å². The average molecular weight is 265 g/mol. The Hall–Kier alpha value is -2.44. The number of benzene rings is 1. The molecular weight excluding hydrogens is 250 g/mol. The van der Waals surface area contributed by atoms with Crippen molar-refractivity contribution >= 4 is 0 Å². The highest BCUT2D eigenvalue weighted by Gasteiger charge is 2.16. The van der Waals surface area contributed by atoms with E-state index in [1.54, 1.807) is 26.2 Å². The monoisotopic (exact) mass is 265 g/mol. The first-order valence-corrected chi connectivity index (χ1v) is 5.60. The molecule has 19 heavy (non-hydrogen) atoms. The summed E-state index contributed by atoms with van der Waals surface area (Å²) >= 11 is 0. The van der Waals surface area contributed by atoms with Gasteiger partial charge in [-0.3, -0.25) is 0 Å². The summed E-state index contributed by atoms with van der Waals surface area (Å²) in [5.41, 5.74) is 0.296. The van der Waals surface area contributed by atoms with Crippen molar-refractivity contribution in [3.8, 4) is 17.2 Å². The molecule has 7 nitrogen and oxygen atoms in total. The van der Waals surface area contributed by atoms with Gasteiger partial charge in [0.25, 0.3) is 0 Å². The number of aromatic nitrogens is 3. The summed E-state index contributed by atoms with van der Waals surface area (Å²) in [6.07, 6.45) is 0. The molecule has 0 atom stereocenters. The van der Waals surface area contributed by atoms with Crippen molar-refractivity contribution in [1.82, 2.24) is 14.3 Å². The van der Waals surface area contributed by atoms with Crippen molar-refractivity contribution in [3.63, 3.8) is 0 Å². The van der Waals surface area contributed by atoms with Crippen molar-refractivity contribution in [2.75, 3.05) is 14.2 Å². The van der Waals surface area contributed by atoms with Gasteiger partial charge >= 0.3 is 11.4 Å². The lowest BCUT2D eigenvalue weighted by molar-refractivity contribution is 0.391. The summed E-state index contributed by atoms with van der Waals surface area (Å²) in [5, 5.41) is 2.47. The van der Waals surface area contributed by atoms with Crippen molar-refractivity contribution in [2.45, 2.75) is 6.92 Å². The molecule has 0 aliphatic rings. The highest BCUT2D eigenvalue weighted by atomic mass is 16.5. The second kappa shape index (κ2) is 4.68. The molecule has 0 radical (unpaired) electrons. The molecule has 0 saturated heterocycles. The molecule has 102 valence electrons. The maximum Gasteiger partial charge on any atom is 0.351 e. The fourth-order valence-corrected chi connectivity index (χ4v) is 1.88. The molecule has 1 heterocycles. The van der Waals surface area contributed by atoms with Crippen LogP contribution in [-0.2, 0) is 7.05 Å². The maximum atomic E-state index is 12.0. The van der Waals surface area contributed by atoms with Gasteiger partial charge in [-0.2, -0.15) is 4.68 Å². The lowest BCUT2D eigenvalue weighted by atomic mass is 10.1. The van der Waals surface area contributed by atoms with Crippen LogP contribution in [0.4, 0.5) is 0 Å². The van der Waals surface area contributed by atoms with E-state index in [1.165, 1.54) is 14.2 Å². The Kier molecular flexibility index (Phi) is 3.20. The van der Waals surface area contributed by atoms with Crippen LogP contribution >= 0.6 is 0 Å². The fourth-order valence-electron chi connectivity index (χ4n) is 1.88. The molecule has 1 aromatic heterocycles. The Bertz CT molecular complexity index is 724. The number of rotatable bonds is 3. The zero-order valence-electron chi connectivity index (χ0n) is 11.2. The van der Waals surface area contributed by atoms with Crippen LogP contribution in [0.25, 0.3) is 5.69 Å². The number of hydrogen-bond donors (Lipinski definition) is 1. The third-order valence-electron chi connectivity index (χ3n) is 2.91. The molecule has 0 spiro atoms. The number of methoxy groups -OCH3 is 2. The predicted octanol–water partition coefficient (Wildman–Crippen LogP) is 0.190. The van der Waals surface area contributed by atoms with Crippen LogP contribution in [0.5, 0.6) is 11.5 Å². The largest absolute Gasteiger partial charge is 0.497 e. The second-order valence-corrected chi connectivity index (χ2v) is 4.09. The number of nitrogens with one attached hydrogen (secondary N) is 1. The van der Waals surface area contributed by atoms with Crippen LogP contribution in [0.3, 0.4) is 0 Å². The van der Waals surface area contributed by atoms with Gasteiger partial charge in [0.05, 0.1) is 14.2 Å². The van der Waals surface area contributed by atoms with E-state index in [-0.39, 0.29) is 0 Å². The van der Waals surface area contributed by atoms with Gasteiger partial charge in [-0.1, -0.05) is 0 Å². The smallest absolute Gasteiger partial charge is 0.351 e. The molecule has 0 unspecified atom stereocenters. The third kappa shape index (κ3) is 2.03. The van der Waals surface area contributed by atoms with E-state index in [2.05, 4.69) is 5.10 Å². The molecule has 0 fully saturated rings. The minimum absolute atomic E-state index is 0.445. The molecule has 0 saturated carbocycles. The Morgan fingerprint density at radius 3 is 2.32 bits per heavy atom.